The fraction of sp³-hybridized carbons (Fsp3) is 0.469. The Hall–Kier alpha value is -3.54. The molecule has 0 unspecified atom stereocenters. The van der Waals surface area contributed by atoms with Gasteiger partial charge in [0.25, 0.3) is 5.91 Å². The van der Waals surface area contributed by atoms with Crippen molar-refractivity contribution in [1.29, 1.82) is 0 Å². The van der Waals surface area contributed by atoms with Crippen LogP contribution >= 0.6 is 0 Å². The predicted octanol–water partition coefficient (Wildman–Crippen LogP) is 4.95. The Morgan fingerprint density at radius 1 is 1.07 bits per heavy atom. The van der Waals surface area contributed by atoms with Crippen LogP contribution in [-0.4, -0.2) is 61.5 Å². The summed E-state index contributed by atoms with van der Waals surface area (Å²) in [5.74, 6) is -0.356. The van der Waals surface area contributed by atoms with E-state index in [1.54, 1.807) is 19.1 Å². The number of piperidine rings is 1. The van der Waals surface area contributed by atoms with Crippen molar-refractivity contribution >= 4 is 38.9 Å². The number of ether oxygens (including phenoxy) is 1. The highest BCUT2D eigenvalue weighted by Crippen LogP contribution is 2.37. The molecule has 1 saturated heterocycles. The van der Waals surface area contributed by atoms with Crippen molar-refractivity contribution in [3.63, 3.8) is 0 Å². The molecular weight excluding hydrogens is 566 g/mol. The molecule has 0 bridgehead atoms. The summed E-state index contributed by atoms with van der Waals surface area (Å²) in [7, 11) is -2.40. The fourth-order valence-corrected chi connectivity index (χ4v) is 7.52. The monoisotopic (exact) mass is 607 g/mol. The maximum atomic E-state index is 13.6. The van der Waals surface area contributed by atoms with Crippen LogP contribution in [0.25, 0.3) is 11.0 Å². The molecule has 1 aliphatic heterocycles. The van der Waals surface area contributed by atoms with Crippen molar-refractivity contribution in [2.45, 2.75) is 69.4 Å². The SMILES string of the molecule is C=CCNS(=O)(=O)c1cc(C(=O)Nc2nc3ccc(CN4CCCCC4)cc3n2[C@H]2CC[C@@H](C(=O)OC)CC2)ccc1C. The van der Waals surface area contributed by atoms with E-state index in [4.69, 9.17) is 9.72 Å². The van der Waals surface area contributed by atoms with E-state index in [0.717, 1.165) is 43.5 Å². The van der Waals surface area contributed by atoms with Gasteiger partial charge in [0.05, 0.1) is 29.0 Å². The predicted molar refractivity (Wildman–Crippen MR) is 166 cm³/mol. The van der Waals surface area contributed by atoms with Crippen LogP contribution in [0.5, 0.6) is 0 Å². The van der Waals surface area contributed by atoms with Crippen LogP contribution in [0.15, 0.2) is 53.9 Å². The van der Waals surface area contributed by atoms with Crippen molar-refractivity contribution in [2.75, 3.05) is 32.1 Å². The molecule has 1 aromatic heterocycles. The van der Waals surface area contributed by atoms with E-state index in [0.29, 0.717) is 24.4 Å². The number of aryl methyl sites for hydroxylation is 1. The number of benzene rings is 2. The van der Waals surface area contributed by atoms with Gasteiger partial charge in [0, 0.05) is 24.7 Å². The molecule has 1 aliphatic carbocycles. The molecule has 230 valence electrons. The number of carbonyl (C=O) groups is 2. The lowest BCUT2D eigenvalue weighted by molar-refractivity contribution is -0.146. The Labute approximate surface area is 253 Å². The number of sulfonamides is 1. The van der Waals surface area contributed by atoms with E-state index in [1.165, 1.54) is 44.1 Å². The van der Waals surface area contributed by atoms with Gasteiger partial charge in [-0.2, -0.15) is 0 Å². The number of esters is 1. The second-order valence-corrected chi connectivity index (χ2v) is 13.3. The van der Waals surface area contributed by atoms with Crippen LogP contribution in [-0.2, 0) is 26.1 Å². The number of nitrogens with zero attached hydrogens (tertiary/aromatic N) is 3. The number of fused-ring (bicyclic) bond motifs is 1. The van der Waals surface area contributed by atoms with Crippen LogP contribution in [0.1, 0.15) is 72.5 Å². The second-order valence-electron chi connectivity index (χ2n) is 11.6. The van der Waals surface area contributed by atoms with Crippen molar-refractivity contribution in [1.82, 2.24) is 19.2 Å². The molecule has 2 fully saturated rings. The second kappa shape index (κ2) is 13.4. The smallest absolute Gasteiger partial charge is 0.308 e. The Balaban J connectivity index is 1.47. The summed E-state index contributed by atoms with van der Waals surface area (Å²) in [6.07, 6.45) is 8.03. The van der Waals surface area contributed by atoms with E-state index in [1.807, 2.05) is 6.07 Å². The van der Waals surface area contributed by atoms with Crippen LogP contribution in [0, 0.1) is 12.8 Å². The quantitative estimate of drug-likeness (QED) is 0.247. The third-order valence-electron chi connectivity index (χ3n) is 8.59. The van der Waals surface area contributed by atoms with Gasteiger partial charge in [0.1, 0.15) is 0 Å². The van der Waals surface area contributed by atoms with Gasteiger partial charge in [-0.05, 0) is 93.9 Å². The highest BCUT2D eigenvalue weighted by Gasteiger charge is 2.30. The molecule has 10 nitrogen and oxygen atoms in total. The van der Waals surface area contributed by atoms with Gasteiger partial charge in [0.2, 0.25) is 16.0 Å². The van der Waals surface area contributed by atoms with E-state index in [2.05, 4.69) is 38.2 Å². The zero-order valence-corrected chi connectivity index (χ0v) is 25.8. The number of anilines is 1. The first kappa shape index (κ1) is 30.9. The molecule has 0 radical (unpaired) electrons. The summed E-state index contributed by atoms with van der Waals surface area (Å²) in [5.41, 5.74) is 3.64. The summed E-state index contributed by atoms with van der Waals surface area (Å²) in [5, 5.41) is 2.98. The Bertz CT molecular complexity index is 1600. The average molecular weight is 608 g/mol. The summed E-state index contributed by atoms with van der Waals surface area (Å²) >= 11 is 0. The zero-order valence-electron chi connectivity index (χ0n) is 25.0. The maximum Gasteiger partial charge on any atom is 0.308 e. The topological polar surface area (TPSA) is 123 Å². The standard InChI is InChI=1S/C32H41N5O5S/c1-4-16-33-43(40,41)29-20-25(10-8-22(29)2)30(38)35-32-34-27-15-9-23(21-36-17-6-5-7-18-36)19-28(27)37(32)26-13-11-24(12-14-26)31(39)42-3/h4,8-10,15,19-20,24,26,33H,1,5-7,11-14,16-18,21H2,2-3H3,(H,34,35,38)/t24-,26+. The first-order valence-corrected chi connectivity index (χ1v) is 16.5. The van der Waals surface area contributed by atoms with Crippen molar-refractivity contribution in [3.05, 3.63) is 65.7 Å². The number of likely N-dealkylation sites (tertiary alicyclic amines) is 1. The molecule has 2 N–H and O–H groups in total. The number of nitrogens with one attached hydrogen (secondary N) is 2. The summed E-state index contributed by atoms with van der Waals surface area (Å²) < 4.78 is 35.3. The maximum absolute atomic E-state index is 13.6. The van der Waals surface area contributed by atoms with Crippen LogP contribution in [0.3, 0.4) is 0 Å². The van der Waals surface area contributed by atoms with Crippen LogP contribution in [0.2, 0.25) is 0 Å². The van der Waals surface area contributed by atoms with E-state index >= 15 is 0 Å². The van der Waals surface area contributed by atoms with Gasteiger partial charge in [0.15, 0.2) is 0 Å². The number of methoxy groups -OCH3 is 1. The first-order chi connectivity index (χ1) is 20.7. The Kier molecular flexibility index (Phi) is 9.63. The molecule has 43 heavy (non-hydrogen) atoms. The van der Waals surface area contributed by atoms with Gasteiger partial charge in [-0.25, -0.2) is 18.1 Å². The number of hydrogen-bond donors (Lipinski definition) is 2. The van der Waals surface area contributed by atoms with E-state index in [-0.39, 0.29) is 34.9 Å². The minimum Gasteiger partial charge on any atom is -0.469 e. The Morgan fingerprint density at radius 3 is 2.51 bits per heavy atom. The first-order valence-electron chi connectivity index (χ1n) is 15.0. The minimum absolute atomic E-state index is 0.0310. The molecule has 2 aliphatic rings. The molecule has 3 aromatic rings. The van der Waals surface area contributed by atoms with Crippen LogP contribution < -0.4 is 10.0 Å². The van der Waals surface area contributed by atoms with E-state index < -0.39 is 15.9 Å². The van der Waals surface area contributed by atoms with Gasteiger partial charge >= 0.3 is 5.97 Å². The largest absolute Gasteiger partial charge is 0.469 e. The van der Waals surface area contributed by atoms with Gasteiger partial charge in [-0.3, -0.25) is 19.8 Å². The summed E-state index contributed by atoms with van der Waals surface area (Å²) in [4.78, 5) is 33.1. The van der Waals surface area contributed by atoms with Gasteiger partial charge < -0.3 is 9.30 Å². The molecule has 11 heteroatoms. The minimum atomic E-state index is -3.82. The number of amides is 1. The molecule has 2 heterocycles. The number of hydrogen-bond acceptors (Lipinski definition) is 7. The van der Waals surface area contributed by atoms with Crippen molar-refractivity contribution < 1.29 is 22.7 Å². The molecule has 1 amide bonds. The number of aromatic nitrogens is 2. The third kappa shape index (κ3) is 7.00. The van der Waals surface area contributed by atoms with Gasteiger partial charge in [-0.15, -0.1) is 6.58 Å². The summed E-state index contributed by atoms with van der Waals surface area (Å²) in [6, 6.07) is 10.9. The lowest BCUT2D eigenvalue weighted by Crippen LogP contribution is -2.29. The molecule has 0 spiro atoms. The number of imidazole rings is 1. The summed E-state index contributed by atoms with van der Waals surface area (Å²) in [6.45, 7) is 8.38. The normalized spacial score (nSPS) is 19.7. The highest BCUT2D eigenvalue weighted by atomic mass is 32.2. The van der Waals surface area contributed by atoms with Crippen LogP contribution in [0.4, 0.5) is 5.95 Å². The molecule has 1 saturated carbocycles. The van der Waals surface area contributed by atoms with Crippen molar-refractivity contribution in [3.8, 4) is 0 Å². The highest BCUT2D eigenvalue weighted by molar-refractivity contribution is 7.89. The third-order valence-corrected chi connectivity index (χ3v) is 10.2. The zero-order chi connectivity index (χ0) is 30.6. The lowest BCUT2D eigenvalue weighted by atomic mass is 9.86. The van der Waals surface area contributed by atoms with E-state index in [9.17, 15) is 18.0 Å². The average Bonchev–Trinajstić information content (AvgIpc) is 3.37. The molecular formula is C32H41N5O5S. The number of carbonyl (C=O) groups excluding carboxylic acids is 2. The van der Waals surface area contributed by atoms with Gasteiger partial charge in [-0.1, -0.05) is 24.6 Å². The molecule has 2 aromatic carbocycles. The van der Waals surface area contributed by atoms with Crippen molar-refractivity contribution in [2.24, 2.45) is 5.92 Å². The fourth-order valence-electron chi connectivity index (χ4n) is 6.26. The Morgan fingerprint density at radius 2 is 1.81 bits per heavy atom. The molecule has 5 rings (SSSR count). The number of rotatable bonds is 10. The molecule has 0 atom stereocenters. The lowest BCUT2D eigenvalue weighted by Gasteiger charge is -2.29.